The second-order valence-electron chi connectivity index (χ2n) is 1.34. The van der Waals surface area contributed by atoms with Gasteiger partial charge in [-0.3, -0.25) is 0 Å². The summed E-state index contributed by atoms with van der Waals surface area (Å²) >= 11 is 0. The average Bonchev–Trinajstić information content (AvgIpc) is 1.65. The minimum Gasteiger partial charge on any atom is -0.315 e. The molecule has 0 amide bonds. The number of alkyl halides is 1. The Morgan fingerprint density at radius 1 is 1.83 bits per heavy atom. The number of rotatable bonds is 2. The third-order valence-electron chi connectivity index (χ3n) is 0.724. The Hall–Kier alpha value is -0.110. The maximum absolute atomic E-state index is 11.3. The van der Waals surface area contributed by atoms with Crippen molar-refractivity contribution in [2.24, 2.45) is 0 Å². The zero-order valence-corrected chi connectivity index (χ0v) is 4.16. The molecule has 0 bridgehead atoms. The number of hydrogen-bond acceptors (Lipinski definition) is 1. The highest BCUT2D eigenvalue weighted by Gasteiger charge is 1.90. The van der Waals surface area contributed by atoms with Crippen LogP contribution in [0.15, 0.2) is 0 Å². The fraction of sp³-hybridized carbons (Fsp3) is 1.00. The standard InChI is InChI=1S/C4H10FN/c1-4(3-5)6-2/h4,6H,3H2,1-2H3/t4-/m1/s1. The number of halogens is 1. The second kappa shape index (κ2) is 3.09. The highest BCUT2D eigenvalue weighted by molar-refractivity contribution is 4.50. The van der Waals surface area contributed by atoms with E-state index in [2.05, 4.69) is 5.32 Å². The highest BCUT2D eigenvalue weighted by Crippen LogP contribution is 1.76. The summed E-state index contributed by atoms with van der Waals surface area (Å²) in [6.45, 7) is 1.51. The van der Waals surface area contributed by atoms with Gasteiger partial charge in [-0.2, -0.15) is 0 Å². The Morgan fingerprint density at radius 3 is 2.33 bits per heavy atom. The Balaban J connectivity index is 2.75. The molecule has 2 heteroatoms. The summed E-state index contributed by atoms with van der Waals surface area (Å²) in [5.74, 6) is 0. The van der Waals surface area contributed by atoms with Crippen molar-refractivity contribution >= 4 is 0 Å². The summed E-state index contributed by atoms with van der Waals surface area (Å²) < 4.78 is 11.3. The van der Waals surface area contributed by atoms with Crippen LogP contribution in [0.4, 0.5) is 4.39 Å². The van der Waals surface area contributed by atoms with Crippen LogP contribution in [0.25, 0.3) is 0 Å². The SMILES string of the molecule is CN[C@H](C)CF. The van der Waals surface area contributed by atoms with Gasteiger partial charge in [0.25, 0.3) is 0 Å². The molecule has 6 heavy (non-hydrogen) atoms. The van der Waals surface area contributed by atoms with Crippen molar-refractivity contribution in [3.8, 4) is 0 Å². The normalized spacial score (nSPS) is 14.5. The molecule has 0 aromatic carbocycles. The Bertz CT molecular complexity index is 26.7. The molecule has 1 atom stereocenters. The first-order chi connectivity index (χ1) is 2.81. The minimum absolute atomic E-state index is 0.0185. The molecule has 0 unspecified atom stereocenters. The molecule has 0 heterocycles. The maximum atomic E-state index is 11.3. The zero-order valence-electron chi connectivity index (χ0n) is 4.16. The topological polar surface area (TPSA) is 12.0 Å². The van der Waals surface area contributed by atoms with Crippen molar-refractivity contribution in [2.75, 3.05) is 13.7 Å². The number of hydrogen-bond donors (Lipinski definition) is 1. The summed E-state index contributed by atoms with van der Waals surface area (Å²) in [4.78, 5) is 0. The fourth-order valence-corrected chi connectivity index (χ4v) is 0.0772. The summed E-state index contributed by atoms with van der Waals surface area (Å²) in [6.07, 6.45) is 0. The minimum atomic E-state index is -0.281. The van der Waals surface area contributed by atoms with Crippen LogP contribution in [0.3, 0.4) is 0 Å². The monoisotopic (exact) mass is 91.1 g/mol. The lowest BCUT2D eigenvalue weighted by Crippen LogP contribution is -2.22. The summed E-state index contributed by atoms with van der Waals surface area (Å²) in [5.41, 5.74) is 0. The van der Waals surface area contributed by atoms with Gasteiger partial charge in [0.2, 0.25) is 0 Å². The van der Waals surface area contributed by atoms with E-state index in [0.29, 0.717) is 0 Å². The van der Waals surface area contributed by atoms with Crippen LogP contribution in [0.5, 0.6) is 0 Å². The van der Waals surface area contributed by atoms with Gasteiger partial charge in [0, 0.05) is 6.04 Å². The summed E-state index contributed by atoms with van der Waals surface area (Å²) in [6, 6.07) is 0.0185. The Kier molecular flexibility index (Phi) is 3.04. The van der Waals surface area contributed by atoms with E-state index in [-0.39, 0.29) is 12.7 Å². The van der Waals surface area contributed by atoms with E-state index in [1.54, 1.807) is 14.0 Å². The molecule has 0 saturated carbocycles. The van der Waals surface area contributed by atoms with Gasteiger partial charge in [0.1, 0.15) is 6.67 Å². The number of nitrogens with one attached hydrogen (secondary N) is 1. The molecule has 0 aliphatic carbocycles. The van der Waals surface area contributed by atoms with Crippen molar-refractivity contribution in [1.29, 1.82) is 0 Å². The van der Waals surface area contributed by atoms with E-state index in [9.17, 15) is 4.39 Å². The molecule has 0 aromatic heterocycles. The van der Waals surface area contributed by atoms with Gasteiger partial charge in [0.15, 0.2) is 0 Å². The quantitative estimate of drug-likeness (QED) is 0.523. The van der Waals surface area contributed by atoms with Crippen LogP contribution in [0.2, 0.25) is 0 Å². The van der Waals surface area contributed by atoms with Crippen LogP contribution in [0.1, 0.15) is 6.92 Å². The first kappa shape index (κ1) is 5.89. The molecule has 38 valence electrons. The molecule has 0 spiro atoms. The molecule has 0 rings (SSSR count). The zero-order chi connectivity index (χ0) is 4.99. The fourth-order valence-electron chi connectivity index (χ4n) is 0.0772. The Labute approximate surface area is 37.5 Å². The molecule has 1 N–H and O–H groups in total. The summed E-state index contributed by atoms with van der Waals surface area (Å²) in [5, 5.41) is 2.74. The average molecular weight is 91.1 g/mol. The molecule has 0 fully saturated rings. The van der Waals surface area contributed by atoms with Gasteiger partial charge in [-0.25, -0.2) is 4.39 Å². The van der Waals surface area contributed by atoms with Gasteiger partial charge in [0.05, 0.1) is 0 Å². The maximum Gasteiger partial charge on any atom is 0.104 e. The Morgan fingerprint density at radius 2 is 2.33 bits per heavy atom. The van der Waals surface area contributed by atoms with Gasteiger partial charge in [-0.05, 0) is 14.0 Å². The van der Waals surface area contributed by atoms with E-state index < -0.39 is 0 Å². The van der Waals surface area contributed by atoms with E-state index in [4.69, 9.17) is 0 Å². The first-order valence-electron chi connectivity index (χ1n) is 2.04. The smallest absolute Gasteiger partial charge is 0.104 e. The van der Waals surface area contributed by atoms with E-state index in [0.717, 1.165) is 0 Å². The first-order valence-corrected chi connectivity index (χ1v) is 2.04. The van der Waals surface area contributed by atoms with Crippen LogP contribution in [-0.2, 0) is 0 Å². The molecule has 0 aromatic rings. The lowest BCUT2D eigenvalue weighted by molar-refractivity contribution is 0.410. The summed E-state index contributed by atoms with van der Waals surface area (Å²) in [7, 11) is 1.74. The van der Waals surface area contributed by atoms with E-state index in [1.807, 2.05) is 0 Å². The van der Waals surface area contributed by atoms with Gasteiger partial charge in [-0.15, -0.1) is 0 Å². The molecule has 0 aliphatic heterocycles. The molecule has 1 nitrogen and oxygen atoms in total. The lowest BCUT2D eigenvalue weighted by atomic mass is 10.4. The third kappa shape index (κ3) is 2.15. The molecular formula is C4H10FN. The van der Waals surface area contributed by atoms with Crippen molar-refractivity contribution in [3.63, 3.8) is 0 Å². The predicted octanol–water partition coefficient (Wildman–Crippen LogP) is 0.564. The van der Waals surface area contributed by atoms with Gasteiger partial charge >= 0.3 is 0 Å². The van der Waals surface area contributed by atoms with E-state index in [1.165, 1.54) is 0 Å². The lowest BCUT2D eigenvalue weighted by Gasteiger charge is -1.99. The van der Waals surface area contributed by atoms with E-state index >= 15 is 0 Å². The van der Waals surface area contributed by atoms with Crippen molar-refractivity contribution in [2.45, 2.75) is 13.0 Å². The van der Waals surface area contributed by atoms with Crippen molar-refractivity contribution in [1.82, 2.24) is 5.32 Å². The molecular weight excluding hydrogens is 81.0 g/mol. The van der Waals surface area contributed by atoms with Crippen molar-refractivity contribution < 1.29 is 4.39 Å². The molecule has 0 radical (unpaired) electrons. The highest BCUT2D eigenvalue weighted by atomic mass is 19.1. The predicted molar refractivity (Wildman–Crippen MR) is 24.5 cm³/mol. The largest absolute Gasteiger partial charge is 0.315 e. The van der Waals surface area contributed by atoms with Gasteiger partial charge < -0.3 is 5.32 Å². The van der Waals surface area contributed by atoms with Crippen LogP contribution < -0.4 is 5.32 Å². The third-order valence-corrected chi connectivity index (χ3v) is 0.724. The molecule has 0 aliphatic rings. The second-order valence-corrected chi connectivity index (χ2v) is 1.34. The van der Waals surface area contributed by atoms with Crippen LogP contribution in [-0.4, -0.2) is 19.8 Å². The van der Waals surface area contributed by atoms with Crippen LogP contribution in [0, 0.1) is 0 Å². The molecule has 0 saturated heterocycles. The van der Waals surface area contributed by atoms with Crippen LogP contribution >= 0.6 is 0 Å². The van der Waals surface area contributed by atoms with Gasteiger partial charge in [-0.1, -0.05) is 0 Å². The van der Waals surface area contributed by atoms with Crippen molar-refractivity contribution in [3.05, 3.63) is 0 Å².